The van der Waals surface area contributed by atoms with Crippen LogP contribution in [0.5, 0.6) is 0 Å². The molecule has 0 saturated carbocycles. The van der Waals surface area contributed by atoms with Crippen LogP contribution in [0.3, 0.4) is 0 Å². The van der Waals surface area contributed by atoms with Gasteiger partial charge in [0.15, 0.2) is 6.29 Å². The predicted molar refractivity (Wildman–Crippen MR) is 59.9 cm³/mol. The van der Waals surface area contributed by atoms with Crippen molar-refractivity contribution in [2.45, 2.75) is 25.5 Å². The van der Waals surface area contributed by atoms with Gasteiger partial charge in [0.25, 0.3) is 0 Å². The normalized spacial score (nSPS) is 17.8. The smallest absolute Gasteiger partial charge is 0.329 e. The van der Waals surface area contributed by atoms with Crippen molar-refractivity contribution in [3.8, 4) is 0 Å². The number of nitrogens with zero attached hydrogens (tertiary/aromatic N) is 1. The van der Waals surface area contributed by atoms with Gasteiger partial charge in [-0.2, -0.15) is 0 Å². The quantitative estimate of drug-likeness (QED) is 0.586. The fourth-order valence-electron chi connectivity index (χ4n) is 2.05. The number of rotatable bonds is 4. The van der Waals surface area contributed by atoms with Crippen molar-refractivity contribution in [1.29, 1.82) is 0 Å². The van der Waals surface area contributed by atoms with Gasteiger partial charge in [-0.1, -0.05) is 0 Å². The molecule has 0 amide bonds. The largest absolute Gasteiger partial charge is 0.469 e. The van der Waals surface area contributed by atoms with Gasteiger partial charge in [0.1, 0.15) is 12.6 Å². The van der Waals surface area contributed by atoms with E-state index in [4.69, 9.17) is 4.74 Å². The van der Waals surface area contributed by atoms with E-state index in [0.717, 1.165) is 5.69 Å². The van der Waals surface area contributed by atoms with Gasteiger partial charge in [0.05, 0.1) is 18.5 Å². The molecule has 18 heavy (non-hydrogen) atoms. The molecule has 1 aliphatic rings. The molecule has 6 nitrogen and oxygen atoms in total. The second kappa shape index (κ2) is 5.03. The average molecular weight is 251 g/mol. The number of aromatic nitrogens is 1. The molecule has 6 heteroatoms. The summed E-state index contributed by atoms with van der Waals surface area (Å²) in [5.41, 5.74) is 1.17. The van der Waals surface area contributed by atoms with E-state index in [2.05, 4.69) is 4.74 Å². The Morgan fingerprint density at radius 3 is 3.06 bits per heavy atom. The van der Waals surface area contributed by atoms with Crippen LogP contribution in [0.4, 0.5) is 0 Å². The summed E-state index contributed by atoms with van der Waals surface area (Å²) in [6, 6.07) is 2.74. The third-order valence-corrected chi connectivity index (χ3v) is 2.95. The Balaban J connectivity index is 2.24. The summed E-state index contributed by atoms with van der Waals surface area (Å²) in [6.45, 7) is 0.154. The van der Waals surface area contributed by atoms with E-state index in [1.807, 2.05) is 0 Å². The molecule has 0 bridgehead atoms. The van der Waals surface area contributed by atoms with Gasteiger partial charge in [-0.25, -0.2) is 4.79 Å². The number of ether oxygens (including phenoxy) is 2. The second-order valence-corrected chi connectivity index (χ2v) is 3.98. The Kier molecular flexibility index (Phi) is 3.45. The van der Waals surface area contributed by atoms with E-state index in [1.54, 1.807) is 16.7 Å². The highest BCUT2D eigenvalue weighted by Crippen LogP contribution is 2.27. The van der Waals surface area contributed by atoms with Gasteiger partial charge in [0, 0.05) is 6.42 Å². The Hall–Kier alpha value is -2.11. The summed E-state index contributed by atoms with van der Waals surface area (Å²) >= 11 is 0. The maximum Gasteiger partial charge on any atom is 0.329 e. The highest BCUT2D eigenvalue weighted by molar-refractivity contribution is 5.80. The average Bonchev–Trinajstić information content (AvgIpc) is 2.80. The molecule has 0 fully saturated rings. The van der Waals surface area contributed by atoms with E-state index in [0.29, 0.717) is 12.0 Å². The van der Waals surface area contributed by atoms with Gasteiger partial charge < -0.3 is 14.0 Å². The lowest BCUT2D eigenvalue weighted by molar-refractivity contribution is -0.153. The lowest BCUT2D eigenvalue weighted by Crippen LogP contribution is -2.30. The number of fused-ring (bicyclic) bond motifs is 1. The Bertz CT molecular complexity index is 491. The number of cyclic esters (lactones) is 1. The van der Waals surface area contributed by atoms with Crippen LogP contribution < -0.4 is 0 Å². The molecule has 0 spiro atoms. The molecule has 1 aromatic heterocycles. The summed E-state index contributed by atoms with van der Waals surface area (Å²) in [6.07, 6.45) is 1.05. The maximum absolute atomic E-state index is 11.7. The van der Waals surface area contributed by atoms with Crippen molar-refractivity contribution >= 4 is 18.2 Å². The minimum absolute atomic E-state index is 0.103. The number of esters is 2. The second-order valence-electron chi connectivity index (χ2n) is 3.98. The van der Waals surface area contributed by atoms with Gasteiger partial charge in [-0.05, 0) is 18.6 Å². The number of hydrogen-bond acceptors (Lipinski definition) is 5. The Labute approximate surface area is 103 Å². The summed E-state index contributed by atoms with van der Waals surface area (Å²) in [7, 11) is 1.29. The van der Waals surface area contributed by atoms with Crippen LogP contribution in [-0.2, 0) is 25.7 Å². The van der Waals surface area contributed by atoms with E-state index >= 15 is 0 Å². The Morgan fingerprint density at radius 2 is 2.39 bits per heavy atom. The summed E-state index contributed by atoms with van der Waals surface area (Å²) < 4.78 is 11.2. The third-order valence-electron chi connectivity index (χ3n) is 2.95. The minimum atomic E-state index is -0.636. The van der Waals surface area contributed by atoms with E-state index in [9.17, 15) is 14.4 Å². The molecule has 2 heterocycles. The monoisotopic (exact) mass is 251 g/mol. The first-order valence-electron chi connectivity index (χ1n) is 5.56. The number of carbonyl (C=O) groups excluding carboxylic acids is 3. The Morgan fingerprint density at radius 1 is 1.61 bits per heavy atom. The van der Waals surface area contributed by atoms with E-state index in [-0.39, 0.29) is 19.4 Å². The molecule has 0 unspecified atom stereocenters. The van der Waals surface area contributed by atoms with Crippen LogP contribution in [-0.4, -0.2) is 29.9 Å². The molecule has 0 saturated heterocycles. The molecule has 1 aliphatic heterocycles. The molecule has 0 aliphatic carbocycles. The number of carbonyl (C=O) groups is 3. The van der Waals surface area contributed by atoms with Crippen LogP contribution in [0.15, 0.2) is 12.1 Å². The van der Waals surface area contributed by atoms with Gasteiger partial charge >= 0.3 is 11.9 Å². The molecule has 1 atom stereocenters. The molecule has 96 valence electrons. The van der Waals surface area contributed by atoms with Crippen molar-refractivity contribution in [1.82, 2.24) is 4.57 Å². The van der Waals surface area contributed by atoms with Gasteiger partial charge in [0.2, 0.25) is 0 Å². The van der Waals surface area contributed by atoms with Crippen molar-refractivity contribution in [2.24, 2.45) is 0 Å². The van der Waals surface area contributed by atoms with Crippen LogP contribution in [0.2, 0.25) is 0 Å². The van der Waals surface area contributed by atoms with Crippen LogP contribution in [0, 0.1) is 0 Å². The molecule has 2 rings (SSSR count). The molecule has 0 aromatic carbocycles. The zero-order valence-electron chi connectivity index (χ0n) is 9.92. The molecule has 0 radical (unpaired) electrons. The minimum Gasteiger partial charge on any atom is -0.469 e. The fraction of sp³-hybridized carbons (Fsp3) is 0.417. The topological polar surface area (TPSA) is 74.6 Å². The van der Waals surface area contributed by atoms with Crippen LogP contribution in [0.1, 0.15) is 35.1 Å². The molecular weight excluding hydrogens is 238 g/mol. The maximum atomic E-state index is 11.7. The lowest BCUT2D eigenvalue weighted by atomic mass is 10.1. The summed E-state index contributed by atoms with van der Waals surface area (Å²) in [4.78, 5) is 33.7. The van der Waals surface area contributed by atoms with Crippen LogP contribution in [0.25, 0.3) is 0 Å². The van der Waals surface area contributed by atoms with Crippen molar-refractivity contribution in [3.63, 3.8) is 0 Å². The number of methoxy groups -OCH3 is 1. The van der Waals surface area contributed by atoms with Crippen LogP contribution >= 0.6 is 0 Å². The fourth-order valence-corrected chi connectivity index (χ4v) is 2.05. The van der Waals surface area contributed by atoms with Crippen molar-refractivity contribution in [2.75, 3.05) is 7.11 Å². The van der Waals surface area contributed by atoms with Gasteiger partial charge in [-0.15, -0.1) is 0 Å². The molecular formula is C12H13NO5. The molecule has 1 aromatic rings. The number of aldehydes is 1. The third kappa shape index (κ3) is 2.13. The van der Waals surface area contributed by atoms with E-state index in [1.165, 1.54) is 7.11 Å². The summed E-state index contributed by atoms with van der Waals surface area (Å²) in [5, 5.41) is 0. The zero-order valence-corrected chi connectivity index (χ0v) is 9.92. The molecule has 0 N–H and O–H groups in total. The lowest BCUT2D eigenvalue weighted by Gasteiger charge is -2.25. The first kappa shape index (κ1) is 12.3. The highest BCUT2D eigenvalue weighted by atomic mass is 16.5. The first-order valence-corrected chi connectivity index (χ1v) is 5.56. The van der Waals surface area contributed by atoms with Crippen molar-refractivity contribution in [3.05, 3.63) is 23.5 Å². The van der Waals surface area contributed by atoms with E-state index < -0.39 is 18.0 Å². The predicted octanol–water partition coefficient (Wildman–Crippen LogP) is 0.852. The first-order chi connectivity index (χ1) is 8.67. The standard InChI is InChI=1S/C12H13NO5/c1-17-11(15)5-4-10-12(16)18-7-9-3-2-8(6-14)13(9)10/h2-3,6,10H,4-5,7H2,1H3/t10-/m0/s1. The SMILES string of the molecule is COC(=O)CC[C@H]1C(=O)OCc2ccc(C=O)n21. The summed E-state index contributed by atoms with van der Waals surface area (Å²) in [5.74, 6) is -0.819. The van der Waals surface area contributed by atoms with Crippen molar-refractivity contribution < 1.29 is 23.9 Å². The highest BCUT2D eigenvalue weighted by Gasteiger charge is 2.30. The van der Waals surface area contributed by atoms with Gasteiger partial charge in [-0.3, -0.25) is 9.59 Å². The number of hydrogen-bond donors (Lipinski definition) is 0. The zero-order chi connectivity index (χ0) is 13.1.